The van der Waals surface area contributed by atoms with Gasteiger partial charge in [-0.25, -0.2) is 9.18 Å². The summed E-state index contributed by atoms with van der Waals surface area (Å²) in [4.78, 5) is 24.4. The van der Waals surface area contributed by atoms with E-state index in [2.05, 4.69) is 5.32 Å². The molecular weight excluding hydrogens is 353 g/mol. The van der Waals surface area contributed by atoms with Crippen LogP contribution in [0.1, 0.15) is 27.0 Å². The van der Waals surface area contributed by atoms with E-state index in [1.807, 2.05) is 12.1 Å². The van der Waals surface area contributed by atoms with Crippen molar-refractivity contribution < 1.29 is 28.2 Å². The summed E-state index contributed by atoms with van der Waals surface area (Å²) in [6.45, 7) is 0.688. The zero-order valence-corrected chi connectivity index (χ0v) is 14.5. The van der Waals surface area contributed by atoms with E-state index in [1.54, 1.807) is 12.1 Å². The molecule has 1 amide bonds. The Hall–Kier alpha value is -2.93. The summed E-state index contributed by atoms with van der Waals surface area (Å²) in [7, 11) is 0. The van der Waals surface area contributed by atoms with Crippen LogP contribution >= 0.6 is 0 Å². The van der Waals surface area contributed by atoms with Crippen LogP contribution in [0.2, 0.25) is 0 Å². The van der Waals surface area contributed by atoms with Crippen LogP contribution in [0.3, 0.4) is 0 Å². The summed E-state index contributed by atoms with van der Waals surface area (Å²) in [5.41, 5.74) is 2.61. The second kappa shape index (κ2) is 7.36. The summed E-state index contributed by atoms with van der Waals surface area (Å²) < 4.78 is 29.6. The van der Waals surface area contributed by atoms with Gasteiger partial charge in [-0.1, -0.05) is 18.2 Å². The lowest BCUT2D eigenvalue weighted by molar-refractivity contribution is -0.130. The van der Waals surface area contributed by atoms with Crippen molar-refractivity contribution in [1.29, 1.82) is 0 Å². The molecule has 7 heteroatoms. The van der Waals surface area contributed by atoms with Crippen molar-refractivity contribution in [2.24, 2.45) is 0 Å². The van der Waals surface area contributed by atoms with Crippen LogP contribution in [-0.2, 0) is 33.7 Å². The Labute approximate surface area is 155 Å². The number of hydrogen-bond acceptors (Lipinski definition) is 5. The van der Waals surface area contributed by atoms with Crippen molar-refractivity contribution in [3.8, 4) is 5.75 Å². The molecule has 0 radical (unpaired) electrons. The highest BCUT2D eigenvalue weighted by molar-refractivity contribution is 5.95. The Bertz CT molecular complexity index is 898. The lowest BCUT2D eigenvalue weighted by Gasteiger charge is -2.24. The van der Waals surface area contributed by atoms with Crippen molar-refractivity contribution in [2.75, 3.05) is 13.3 Å². The van der Waals surface area contributed by atoms with Gasteiger partial charge < -0.3 is 19.5 Å². The van der Waals surface area contributed by atoms with E-state index in [1.165, 1.54) is 12.1 Å². The molecule has 2 aromatic rings. The first-order chi connectivity index (χ1) is 13.1. The van der Waals surface area contributed by atoms with Gasteiger partial charge in [-0.2, -0.15) is 0 Å². The van der Waals surface area contributed by atoms with Gasteiger partial charge in [0.15, 0.2) is 12.9 Å². The molecule has 0 bridgehead atoms. The van der Waals surface area contributed by atoms with E-state index in [-0.39, 0.29) is 25.1 Å². The number of ether oxygens (including phenoxy) is 3. The smallest absolute Gasteiger partial charge is 0.339 e. The number of esters is 1. The number of cyclic esters (lactones) is 1. The monoisotopic (exact) mass is 371 g/mol. The maximum Gasteiger partial charge on any atom is 0.339 e. The molecule has 2 aliphatic rings. The number of benzene rings is 2. The third-order valence-electron chi connectivity index (χ3n) is 4.63. The van der Waals surface area contributed by atoms with Crippen LogP contribution in [0.5, 0.6) is 5.75 Å². The maximum atomic E-state index is 13.8. The average Bonchev–Trinajstić information content (AvgIpc) is 2.67. The van der Waals surface area contributed by atoms with E-state index >= 15 is 0 Å². The molecule has 27 heavy (non-hydrogen) atoms. The molecule has 0 saturated heterocycles. The predicted molar refractivity (Wildman–Crippen MR) is 92.7 cm³/mol. The van der Waals surface area contributed by atoms with E-state index in [9.17, 15) is 14.0 Å². The molecule has 2 aromatic carbocycles. The highest BCUT2D eigenvalue weighted by Gasteiger charge is 2.30. The zero-order chi connectivity index (χ0) is 18.8. The first-order valence-electron chi connectivity index (χ1n) is 8.70. The first kappa shape index (κ1) is 17.5. The second-order valence-corrected chi connectivity index (χ2v) is 6.46. The fourth-order valence-electron chi connectivity index (χ4n) is 3.35. The Morgan fingerprint density at radius 2 is 2.07 bits per heavy atom. The predicted octanol–water partition coefficient (Wildman–Crippen LogP) is 2.13. The van der Waals surface area contributed by atoms with Crippen LogP contribution in [-0.4, -0.2) is 31.3 Å². The number of hydrogen-bond donors (Lipinski definition) is 1. The van der Waals surface area contributed by atoms with Crippen molar-refractivity contribution in [3.05, 3.63) is 64.5 Å². The van der Waals surface area contributed by atoms with Gasteiger partial charge in [-0.05, 0) is 35.7 Å². The molecule has 0 aliphatic carbocycles. The molecule has 4 rings (SSSR count). The van der Waals surface area contributed by atoms with Crippen molar-refractivity contribution in [3.63, 3.8) is 0 Å². The third-order valence-corrected chi connectivity index (χ3v) is 4.63. The van der Waals surface area contributed by atoms with Gasteiger partial charge in [-0.3, -0.25) is 4.79 Å². The van der Waals surface area contributed by atoms with Crippen molar-refractivity contribution in [1.82, 2.24) is 5.32 Å². The standard InChI is InChI=1S/C20H18FNO5/c21-15-7-13(18-14(8-15)10-25-11-26-18)5-6-22-19(23)17-9-12-3-1-2-4-16(12)20(24)27-17/h1-4,7-8,17H,5-6,9-11H2,(H,22,23)/t17-/m1/s1. The second-order valence-electron chi connectivity index (χ2n) is 6.46. The van der Waals surface area contributed by atoms with Gasteiger partial charge in [0.1, 0.15) is 11.6 Å². The normalized spacial score (nSPS) is 18.0. The van der Waals surface area contributed by atoms with Crippen LogP contribution in [0.15, 0.2) is 36.4 Å². The topological polar surface area (TPSA) is 73.9 Å². The highest BCUT2D eigenvalue weighted by atomic mass is 19.1. The summed E-state index contributed by atoms with van der Waals surface area (Å²) in [5, 5.41) is 2.75. The first-order valence-corrected chi connectivity index (χ1v) is 8.70. The quantitative estimate of drug-likeness (QED) is 0.834. The molecule has 0 saturated carbocycles. The molecule has 6 nitrogen and oxygen atoms in total. The summed E-state index contributed by atoms with van der Waals surface area (Å²) in [5.74, 6) is -0.631. The molecular formula is C20H18FNO5. The molecule has 1 N–H and O–H groups in total. The number of rotatable bonds is 4. The Morgan fingerprint density at radius 1 is 1.22 bits per heavy atom. The number of halogens is 1. The molecule has 1 atom stereocenters. The van der Waals surface area contributed by atoms with Gasteiger partial charge in [-0.15, -0.1) is 0 Å². The Balaban J connectivity index is 1.38. The fraction of sp³-hybridized carbons (Fsp3) is 0.300. The summed E-state index contributed by atoms with van der Waals surface area (Å²) >= 11 is 0. The molecule has 0 unspecified atom stereocenters. The molecule has 0 aromatic heterocycles. The van der Waals surface area contributed by atoms with Crippen molar-refractivity contribution in [2.45, 2.75) is 25.6 Å². The number of fused-ring (bicyclic) bond motifs is 2. The van der Waals surface area contributed by atoms with Crippen molar-refractivity contribution >= 4 is 11.9 Å². The van der Waals surface area contributed by atoms with Crippen LogP contribution in [0.25, 0.3) is 0 Å². The Kier molecular flexibility index (Phi) is 4.77. The highest BCUT2D eigenvalue weighted by Crippen LogP contribution is 2.29. The minimum absolute atomic E-state index is 0.120. The SMILES string of the molecule is O=C1O[C@@H](C(=O)NCCc2cc(F)cc3c2OCOC3)Cc2ccccc21. The fourth-order valence-corrected chi connectivity index (χ4v) is 3.35. The molecule has 2 heterocycles. The van der Waals surface area contributed by atoms with Crippen LogP contribution < -0.4 is 10.1 Å². The van der Waals surface area contributed by atoms with Crippen LogP contribution in [0.4, 0.5) is 4.39 Å². The summed E-state index contributed by atoms with van der Waals surface area (Å²) in [6, 6.07) is 9.86. The molecule has 2 aliphatic heterocycles. The lowest BCUT2D eigenvalue weighted by atomic mass is 9.98. The molecule has 0 spiro atoms. The van der Waals surface area contributed by atoms with Gasteiger partial charge in [0.25, 0.3) is 5.91 Å². The lowest BCUT2D eigenvalue weighted by Crippen LogP contribution is -2.42. The van der Waals surface area contributed by atoms with Gasteiger partial charge in [0.2, 0.25) is 0 Å². The maximum absolute atomic E-state index is 13.8. The summed E-state index contributed by atoms with van der Waals surface area (Å²) in [6.07, 6.45) is -0.134. The number of carbonyl (C=O) groups is 2. The molecule has 140 valence electrons. The largest absolute Gasteiger partial charge is 0.467 e. The van der Waals surface area contributed by atoms with E-state index in [0.717, 1.165) is 5.56 Å². The minimum Gasteiger partial charge on any atom is -0.467 e. The average molecular weight is 371 g/mol. The molecule has 0 fully saturated rings. The zero-order valence-electron chi connectivity index (χ0n) is 14.5. The number of carbonyl (C=O) groups excluding carboxylic acids is 2. The van der Waals surface area contributed by atoms with Gasteiger partial charge in [0, 0.05) is 18.5 Å². The third kappa shape index (κ3) is 3.64. The van der Waals surface area contributed by atoms with E-state index in [4.69, 9.17) is 14.2 Å². The Morgan fingerprint density at radius 3 is 2.96 bits per heavy atom. The van der Waals surface area contributed by atoms with E-state index in [0.29, 0.717) is 41.9 Å². The number of nitrogens with one attached hydrogen (secondary N) is 1. The minimum atomic E-state index is -0.863. The van der Waals surface area contributed by atoms with Gasteiger partial charge >= 0.3 is 5.97 Å². The van der Waals surface area contributed by atoms with E-state index < -0.39 is 12.1 Å². The van der Waals surface area contributed by atoms with Crippen LogP contribution in [0, 0.1) is 5.82 Å². The van der Waals surface area contributed by atoms with Gasteiger partial charge in [0.05, 0.1) is 12.2 Å². The number of amides is 1.